The molecular weight excluding hydrogens is 208 g/mol. The number of ether oxygens (including phenoxy) is 2. The molecule has 1 aromatic rings. The number of benzene rings is 1. The molecule has 0 saturated carbocycles. The first-order chi connectivity index (χ1) is 7.32. The molecule has 0 radical (unpaired) electrons. The molecule has 2 rings (SSSR count). The average molecular weight is 224 g/mol. The van der Waals surface area contributed by atoms with E-state index in [0.29, 0.717) is 0 Å². The van der Waals surface area contributed by atoms with Gasteiger partial charge in [-0.15, -0.1) is 0 Å². The molecule has 82 valence electrons. The molecule has 1 aliphatic heterocycles. The molecule has 1 saturated heterocycles. The third-order valence-corrected chi connectivity index (χ3v) is 3.25. The van der Waals surface area contributed by atoms with Crippen molar-refractivity contribution >= 4 is 12.6 Å². The molecule has 1 aromatic carbocycles. The van der Waals surface area contributed by atoms with Crippen molar-refractivity contribution in [3.8, 4) is 5.75 Å². The second-order valence-corrected chi connectivity index (χ2v) is 4.39. The third kappa shape index (κ3) is 1.86. The molecule has 3 heteroatoms. The van der Waals surface area contributed by atoms with E-state index in [1.54, 1.807) is 7.11 Å². The van der Waals surface area contributed by atoms with E-state index in [2.05, 4.69) is 24.8 Å². The normalized spacial score (nSPS) is 18.3. The Labute approximate surface area is 96.0 Å². The van der Waals surface area contributed by atoms with E-state index in [0.717, 1.165) is 31.1 Å². The maximum atomic E-state index is 5.39. The van der Waals surface area contributed by atoms with Gasteiger partial charge >= 0.3 is 0 Å². The van der Waals surface area contributed by atoms with Gasteiger partial charge in [0.25, 0.3) is 0 Å². The molecule has 0 aromatic heterocycles. The molecule has 0 amide bonds. The highest BCUT2D eigenvalue weighted by Gasteiger charge is 2.41. The van der Waals surface area contributed by atoms with E-state index in [1.807, 2.05) is 12.1 Å². The standard InChI is InChI=1S/C12H16O2S/c1-13-11-5-3-2-4-10(11)12(6-7-15)8-14-9-12/h2-5,15H,6-9H2,1H3. The van der Waals surface area contributed by atoms with E-state index in [-0.39, 0.29) is 5.41 Å². The maximum Gasteiger partial charge on any atom is 0.122 e. The zero-order valence-electron chi connectivity index (χ0n) is 8.90. The Bertz CT molecular complexity index is 334. The summed E-state index contributed by atoms with van der Waals surface area (Å²) in [6.45, 7) is 1.57. The van der Waals surface area contributed by atoms with Gasteiger partial charge in [0.15, 0.2) is 0 Å². The molecule has 15 heavy (non-hydrogen) atoms. The van der Waals surface area contributed by atoms with Gasteiger partial charge in [-0.05, 0) is 18.2 Å². The molecule has 0 N–H and O–H groups in total. The minimum Gasteiger partial charge on any atom is -0.496 e. The van der Waals surface area contributed by atoms with Crippen LogP contribution >= 0.6 is 12.6 Å². The number of hydrogen-bond donors (Lipinski definition) is 1. The fraction of sp³-hybridized carbons (Fsp3) is 0.500. The fourth-order valence-electron chi connectivity index (χ4n) is 2.08. The topological polar surface area (TPSA) is 18.5 Å². The van der Waals surface area contributed by atoms with Gasteiger partial charge in [-0.1, -0.05) is 18.2 Å². The zero-order chi connectivity index (χ0) is 10.7. The van der Waals surface area contributed by atoms with Crippen LogP contribution in [0.3, 0.4) is 0 Å². The number of rotatable bonds is 4. The van der Waals surface area contributed by atoms with Crippen molar-refractivity contribution in [2.24, 2.45) is 0 Å². The van der Waals surface area contributed by atoms with E-state index >= 15 is 0 Å². The first-order valence-corrected chi connectivity index (χ1v) is 5.78. The van der Waals surface area contributed by atoms with Crippen molar-refractivity contribution in [3.05, 3.63) is 29.8 Å². The Morgan fingerprint density at radius 2 is 2.13 bits per heavy atom. The van der Waals surface area contributed by atoms with Gasteiger partial charge in [0.05, 0.1) is 20.3 Å². The number of para-hydroxylation sites is 1. The van der Waals surface area contributed by atoms with Crippen LogP contribution < -0.4 is 4.74 Å². The summed E-state index contributed by atoms with van der Waals surface area (Å²) in [5.41, 5.74) is 1.39. The first kappa shape index (κ1) is 10.8. The van der Waals surface area contributed by atoms with Crippen molar-refractivity contribution < 1.29 is 9.47 Å². The summed E-state index contributed by atoms with van der Waals surface area (Å²) >= 11 is 4.32. The highest BCUT2D eigenvalue weighted by molar-refractivity contribution is 7.80. The molecule has 0 unspecified atom stereocenters. The second-order valence-electron chi connectivity index (χ2n) is 3.95. The maximum absolute atomic E-state index is 5.39. The quantitative estimate of drug-likeness (QED) is 0.791. The molecule has 2 nitrogen and oxygen atoms in total. The summed E-state index contributed by atoms with van der Waals surface area (Å²) in [5.74, 6) is 1.84. The van der Waals surface area contributed by atoms with Crippen molar-refractivity contribution in [1.82, 2.24) is 0 Å². The predicted molar refractivity (Wildman–Crippen MR) is 64.0 cm³/mol. The molecule has 0 aliphatic carbocycles. The van der Waals surface area contributed by atoms with Gasteiger partial charge in [0.1, 0.15) is 5.75 Å². The summed E-state index contributed by atoms with van der Waals surface area (Å²) in [7, 11) is 1.72. The van der Waals surface area contributed by atoms with Crippen LogP contribution in [0.5, 0.6) is 5.75 Å². The van der Waals surface area contributed by atoms with Crippen molar-refractivity contribution in [1.29, 1.82) is 0 Å². The minimum atomic E-state index is 0.133. The Hall–Kier alpha value is -0.670. The van der Waals surface area contributed by atoms with Crippen molar-refractivity contribution in [2.75, 3.05) is 26.1 Å². The molecular formula is C12H16O2S. The lowest BCUT2D eigenvalue weighted by molar-refractivity contribution is -0.0622. The van der Waals surface area contributed by atoms with Crippen LogP contribution in [0.1, 0.15) is 12.0 Å². The van der Waals surface area contributed by atoms with Gasteiger partial charge in [0, 0.05) is 11.0 Å². The lowest BCUT2D eigenvalue weighted by Gasteiger charge is -2.42. The highest BCUT2D eigenvalue weighted by atomic mass is 32.1. The van der Waals surface area contributed by atoms with Crippen LogP contribution in [0, 0.1) is 0 Å². The van der Waals surface area contributed by atoms with Gasteiger partial charge in [0.2, 0.25) is 0 Å². The minimum absolute atomic E-state index is 0.133. The lowest BCUT2D eigenvalue weighted by atomic mass is 9.76. The summed E-state index contributed by atoms with van der Waals surface area (Å²) in [6, 6.07) is 8.19. The van der Waals surface area contributed by atoms with Gasteiger partial charge in [-0.2, -0.15) is 12.6 Å². The fourth-order valence-corrected chi connectivity index (χ4v) is 2.51. The van der Waals surface area contributed by atoms with Gasteiger partial charge in [-0.3, -0.25) is 0 Å². The molecule has 1 heterocycles. The smallest absolute Gasteiger partial charge is 0.122 e. The molecule has 1 fully saturated rings. The monoisotopic (exact) mass is 224 g/mol. The number of hydrogen-bond acceptors (Lipinski definition) is 3. The summed E-state index contributed by atoms with van der Waals surface area (Å²) in [6.07, 6.45) is 1.04. The summed E-state index contributed by atoms with van der Waals surface area (Å²) in [5, 5.41) is 0. The van der Waals surface area contributed by atoms with Crippen LogP contribution in [-0.2, 0) is 10.2 Å². The number of thiol groups is 1. The molecule has 1 aliphatic rings. The van der Waals surface area contributed by atoms with Crippen LogP contribution in [-0.4, -0.2) is 26.1 Å². The third-order valence-electron chi connectivity index (χ3n) is 3.03. The lowest BCUT2D eigenvalue weighted by Crippen LogP contribution is -2.47. The summed E-state index contributed by atoms with van der Waals surface area (Å²) < 4.78 is 10.7. The van der Waals surface area contributed by atoms with E-state index in [9.17, 15) is 0 Å². The molecule has 0 bridgehead atoms. The van der Waals surface area contributed by atoms with Crippen molar-refractivity contribution in [2.45, 2.75) is 11.8 Å². The van der Waals surface area contributed by atoms with E-state index in [1.165, 1.54) is 5.56 Å². The van der Waals surface area contributed by atoms with E-state index in [4.69, 9.17) is 9.47 Å². The Morgan fingerprint density at radius 3 is 2.67 bits per heavy atom. The van der Waals surface area contributed by atoms with Crippen LogP contribution in [0.15, 0.2) is 24.3 Å². The van der Waals surface area contributed by atoms with Gasteiger partial charge < -0.3 is 9.47 Å². The zero-order valence-corrected chi connectivity index (χ0v) is 9.80. The average Bonchev–Trinajstić information content (AvgIpc) is 2.23. The van der Waals surface area contributed by atoms with Crippen LogP contribution in [0.2, 0.25) is 0 Å². The Morgan fingerprint density at radius 1 is 1.40 bits per heavy atom. The predicted octanol–water partition coefficient (Wildman–Crippen LogP) is 2.28. The Kier molecular flexibility index (Phi) is 3.22. The Balaban J connectivity index is 2.33. The van der Waals surface area contributed by atoms with Crippen LogP contribution in [0.25, 0.3) is 0 Å². The molecule has 0 atom stereocenters. The molecule has 0 spiro atoms. The van der Waals surface area contributed by atoms with E-state index < -0.39 is 0 Å². The first-order valence-electron chi connectivity index (χ1n) is 5.14. The van der Waals surface area contributed by atoms with Crippen molar-refractivity contribution in [3.63, 3.8) is 0 Å². The van der Waals surface area contributed by atoms with Gasteiger partial charge in [-0.25, -0.2) is 0 Å². The highest BCUT2D eigenvalue weighted by Crippen LogP contribution is 2.40. The second kappa shape index (κ2) is 4.45. The van der Waals surface area contributed by atoms with Crippen LogP contribution in [0.4, 0.5) is 0 Å². The number of methoxy groups -OCH3 is 1. The SMILES string of the molecule is COc1ccccc1C1(CCS)COC1. The summed E-state index contributed by atoms with van der Waals surface area (Å²) in [4.78, 5) is 0. The largest absolute Gasteiger partial charge is 0.496 e.